The Morgan fingerprint density at radius 3 is 2.94 bits per heavy atom. The highest BCUT2D eigenvalue weighted by Gasteiger charge is 2.25. The maximum absolute atomic E-state index is 4.07. The lowest BCUT2D eigenvalue weighted by Gasteiger charge is -2.37. The molecular formula is C14H25N3. The highest BCUT2D eigenvalue weighted by molar-refractivity contribution is 5.07. The smallest absolute Gasteiger partial charge is 0.0490 e. The Morgan fingerprint density at radius 2 is 2.29 bits per heavy atom. The molecule has 0 saturated carbocycles. The summed E-state index contributed by atoms with van der Waals surface area (Å²) in [5.41, 5.74) is 1.31. The zero-order valence-corrected chi connectivity index (χ0v) is 11.3. The van der Waals surface area contributed by atoms with Gasteiger partial charge in [0.1, 0.15) is 0 Å². The fourth-order valence-electron chi connectivity index (χ4n) is 2.99. The maximum atomic E-state index is 4.07. The van der Waals surface area contributed by atoms with Crippen molar-refractivity contribution in [2.75, 3.05) is 13.1 Å². The summed E-state index contributed by atoms with van der Waals surface area (Å²) in [7, 11) is 0. The molecule has 2 atom stereocenters. The quantitative estimate of drug-likeness (QED) is 0.870. The molecule has 3 heteroatoms. The average molecular weight is 235 g/mol. The Morgan fingerprint density at radius 1 is 1.47 bits per heavy atom. The first-order valence-corrected chi connectivity index (χ1v) is 6.90. The van der Waals surface area contributed by atoms with Crippen LogP contribution in [0.5, 0.6) is 0 Å². The van der Waals surface area contributed by atoms with Gasteiger partial charge in [0, 0.05) is 30.4 Å². The van der Waals surface area contributed by atoms with Gasteiger partial charge in [-0.15, -0.1) is 0 Å². The summed E-state index contributed by atoms with van der Waals surface area (Å²) in [6, 6.07) is 2.84. The Kier molecular flexibility index (Phi) is 4.21. The standard InChI is InChI=1S/C14H25N3/c1-11(2)9-12(3)17-8-4-5-13(10-17)14-6-7-15-16-14/h6-7,11-13H,4-5,8-10H2,1-3H3,(H,15,16)/t12-,13-/m0/s1. The third-order valence-corrected chi connectivity index (χ3v) is 3.85. The summed E-state index contributed by atoms with van der Waals surface area (Å²) >= 11 is 0. The van der Waals surface area contributed by atoms with E-state index in [-0.39, 0.29) is 0 Å². The van der Waals surface area contributed by atoms with E-state index in [9.17, 15) is 0 Å². The minimum absolute atomic E-state index is 0.654. The van der Waals surface area contributed by atoms with E-state index >= 15 is 0 Å². The van der Waals surface area contributed by atoms with E-state index < -0.39 is 0 Å². The van der Waals surface area contributed by atoms with Crippen molar-refractivity contribution in [3.8, 4) is 0 Å². The van der Waals surface area contributed by atoms with Crippen LogP contribution >= 0.6 is 0 Å². The molecule has 1 aromatic heterocycles. The van der Waals surface area contributed by atoms with Gasteiger partial charge in [-0.3, -0.25) is 10.00 Å². The number of nitrogens with zero attached hydrogens (tertiary/aromatic N) is 2. The van der Waals surface area contributed by atoms with Gasteiger partial charge in [-0.05, 0) is 44.7 Å². The Hall–Kier alpha value is -0.830. The van der Waals surface area contributed by atoms with Gasteiger partial charge >= 0.3 is 0 Å². The fraction of sp³-hybridized carbons (Fsp3) is 0.786. The molecule has 0 bridgehead atoms. The van der Waals surface area contributed by atoms with Crippen molar-refractivity contribution in [3.05, 3.63) is 18.0 Å². The van der Waals surface area contributed by atoms with Gasteiger partial charge < -0.3 is 0 Å². The molecule has 0 amide bonds. The molecule has 1 N–H and O–H groups in total. The minimum Gasteiger partial charge on any atom is -0.300 e. The molecule has 17 heavy (non-hydrogen) atoms. The zero-order valence-electron chi connectivity index (χ0n) is 11.3. The first kappa shape index (κ1) is 12.6. The van der Waals surface area contributed by atoms with Gasteiger partial charge in [0.05, 0.1) is 0 Å². The molecular weight excluding hydrogens is 210 g/mol. The first-order chi connectivity index (χ1) is 8.16. The highest BCUT2D eigenvalue weighted by atomic mass is 15.2. The Bertz CT molecular complexity index is 318. The topological polar surface area (TPSA) is 31.9 Å². The molecule has 0 aromatic carbocycles. The molecule has 0 spiro atoms. The number of hydrogen-bond acceptors (Lipinski definition) is 2. The fourth-order valence-corrected chi connectivity index (χ4v) is 2.99. The molecule has 1 fully saturated rings. The van der Waals surface area contributed by atoms with Crippen molar-refractivity contribution in [2.24, 2.45) is 5.92 Å². The van der Waals surface area contributed by atoms with Crippen molar-refractivity contribution in [3.63, 3.8) is 0 Å². The van der Waals surface area contributed by atoms with Crippen molar-refractivity contribution in [2.45, 2.75) is 52.0 Å². The lowest BCUT2D eigenvalue weighted by Crippen LogP contribution is -2.41. The van der Waals surface area contributed by atoms with E-state index in [1.807, 2.05) is 6.20 Å². The maximum Gasteiger partial charge on any atom is 0.0490 e. The molecule has 1 aliphatic heterocycles. The molecule has 3 nitrogen and oxygen atoms in total. The largest absolute Gasteiger partial charge is 0.300 e. The van der Waals surface area contributed by atoms with Gasteiger partial charge in [-0.25, -0.2) is 0 Å². The van der Waals surface area contributed by atoms with Crippen LogP contribution in [0.25, 0.3) is 0 Å². The van der Waals surface area contributed by atoms with Crippen LogP contribution in [0.4, 0.5) is 0 Å². The van der Waals surface area contributed by atoms with Crippen LogP contribution in [0, 0.1) is 5.92 Å². The molecule has 0 aliphatic carbocycles. The summed E-state index contributed by atoms with van der Waals surface area (Å²) in [6.07, 6.45) is 5.78. The summed E-state index contributed by atoms with van der Waals surface area (Å²) in [4.78, 5) is 2.65. The molecule has 2 rings (SSSR count). The molecule has 2 heterocycles. The Balaban J connectivity index is 1.93. The molecule has 0 unspecified atom stereocenters. The predicted octanol–water partition coefficient (Wildman–Crippen LogP) is 3.02. The van der Waals surface area contributed by atoms with Crippen molar-refractivity contribution in [1.82, 2.24) is 15.1 Å². The second kappa shape index (κ2) is 5.67. The van der Waals surface area contributed by atoms with Crippen LogP contribution in [0.1, 0.15) is 51.6 Å². The van der Waals surface area contributed by atoms with E-state index in [0.29, 0.717) is 12.0 Å². The number of piperidine rings is 1. The van der Waals surface area contributed by atoms with Crippen molar-refractivity contribution in [1.29, 1.82) is 0 Å². The number of aromatic nitrogens is 2. The summed E-state index contributed by atoms with van der Waals surface area (Å²) < 4.78 is 0. The highest BCUT2D eigenvalue weighted by Crippen LogP contribution is 2.27. The lowest BCUT2D eigenvalue weighted by atomic mass is 9.92. The number of likely N-dealkylation sites (tertiary alicyclic amines) is 1. The zero-order chi connectivity index (χ0) is 12.3. The van der Waals surface area contributed by atoms with Crippen LogP contribution in [0.3, 0.4) is 0 Å². The van der Waals surface area contributed by atoms with Gasteiger partial charge in [0.25, 0.3) is 0 Å². The SMILES string of the molecule is CC(C)C[C@H](C)N1CCC[C@H](c2ccn[nH]2)C1. The second-order valence-corrected chi connectivity index (χ2v) is 5.82. The molecule has 1 saturated heterocycles. The molecule has 1 aromatic rings. The molecule has 0 radical (unpaired) electrons. The van der Waals surface area contributed by atoms with Gasteiger partial charge in [0.2, 0.25) is 0 Å². The summed E-state index contributed by atoms with van der Waals surface area (Å²) in [5, 5.41) is 7.20. The van der Waals surface area contributed by atoms with Gasteiger partial charge in [-0.1, -0.05) is 13.8 Å². The van der Waals surface area contributed by atoms with E-state index in [2.05, 4.69) is 41.9 Å². The first-order valence-electron chi connectivity index (χ1n) is 6.90. The van der Waals surface area contributed by atoms with E-state index in [0.717, 1.165) is 5.92 Å². The summed E-state index contributed by atoms with van der Waals surface area (Å²) in [6.45, 7) is 9.45. The third-order valence-electron chi connectivity index (χ3n) is 3.85. The third kappa shape index (κ3) is 3.32. The van der Waals surface area contributed by atoms with Crippen LogP contribution in [0.2, 0.25) is 0 Å². The number of rotatable bonds is 4. The minimum atomic E-state index is 0.654. The van der Waals surface area contributed by atoms with Gasteiger partial charge in [-0.2, -0.15) is 5.10 Å². The molecule has 1 aliphatic rings. The average Bonchev–Trinajstić information content (AvgIpc) is 2.82. The lowest BCUT2D eigenvalue weighted by molar-refractivity contribution is 0.141. The Labute approximate surface area is 105 Å². The van der Waals surface area contributed by atoms with Crippen LogP contribution in [0.15, 0.2) is 12.3 Å². The van der Waals surface area contributed by atoms with Gasteiger partial charge in [0.15, 0.2) is 0 Å². The second-order valence-electron chi connectivity index (χ2n) is 5.82. The molecule has 96 valence electrons. The van der Waals surface area contributed by atoms with E-state index in [4.69, 9.17) is 0 Å². The predicted molar refractivity (Wildman–Crippen MR) is 71.1 cm³/mol. The van der Waals surface area contributed by atoms with E-state index in [1.165, 1.54) is 38.0 Å². The van der Waals surface area contributed by atoms with Crippen LogP contribution in [-0.2, 0) is 0 Å². The van der Waals surface area contributed by atoms with Crippen molar-refractivity contribution >= 4 is 0 Å². The monoisotopic (exact) mass is 235 g/mol. The number of aromatic amines is 1. The van der Waals surface area contributed by atoms with Crippen molar-refractivity contribution < 1.29 is 0 Å². The van der Waals surface area contributed by atoms with Crippen LogP contribution in [-0.4, -0.2) is 34.2 Å². The summed E-state index contributed by atoms with van der Waals surface area (Å²) in [5.74, 6) is 1.44. The van der Waals surface area contributed by atoms with Crippen LogP contribution < -0.4 is 0 Å². The number of H-pyrrole nitrogens is 1. The van der Waals surface area contributed by atoms with E-state index in [1.54, 1.807) is 0 Å². The number of nitrogens with one attached hydrogen (secondary N) is 1. The normalized spacial score (nSPS) is 24.1. The number of hydrogen-bond donors (Lipinski definition) is 1.